The van der Waals surface area contributed by atoms with Crippen molar-refractivity contribution < 1.29 is 0 Å². The molecule has 0 atom stereocenters. The van der Waals surface area contributed by atoms with E-state index in [0.717, 1.165) is 0 Å². The van der Waals surface area contributed by atoms with Gasteiger partial charge in [-0.1, -0.05) is 0 Å². The van der Waals surface area contributed by atoms with Crippen LogP contribution in [0.2, 0.25) is 0 Å². The van der Waals surface area contributed by atoms with Gasteiger partial charge in [-0.2, -0.15) is 0 Å². The van der Waals surface area contributed by atoms with E-state index in [1.54, 1.807) is 11.3 Å². The van der Waals surface area contributed by atoms with Gasteiger partial charge < -0.3 is 4.57 Å². The lowest BCUT2D eigenvalue weighted by molar-refractivity contribution is 0.578. The summed E-state index contributed by atoms with van der Waals surface area (Å²) in [5.74, 6) is 0. The maximum absolute atomic E-state index is 2.46. The Morgan fingerprint density at radius 1 is 1.27 bits per heavy atom. The highest BCUT2D eigenvalue weighted by molar-refractivity contribution is 5.51. The fourth-order valence-electron chi connectivity index (χ4n) is 2.00. The summed E-state index contributed by atoms with van der Waals surface area (Å²) in [6.45, 7) is 8.97. The monoisotopic (exact) mass is 149 g/mol. The third-order valence-electron chi connectivity index (χ3n) is 2.73. The first-order valence-corrected chi connectivity index (χ1v) is 4.32. The molecule has 0 unspecified atom stereocenters. The van der Waals surface area contributed by atoms with Gasteiger partial charge in [-0.25, -0.2) is 0 Å². The van der Waals surface area contributed by atoms with Crippen LogP contribution in [-0.4, -0.2) is 4.57 Å². The van der Waals surface area contributed by atoms with E-state index in [0.29, 0.717) is 6.04 Å². The molecular weight excluding hydrogens is 134 g/mol. The maximum atomic E-state index is 2.46. The fraction of sp³-hybridized carbons (Fsp3) is 0.600. The molecule has 1 aliphatic rings. The van der Waals surface area contributed by atoms with Crippen molar-refractivity contribution in [2.45, 2.75) is 40.2 Å². The quantitative estimate of drug-likeness (QED) is 0.587. The molecule has 1 aromatic rings. The second-order valence-electron chi connectivity index (χ2n) is 3.78. The van der Waals surface area contributed by atoms with Crippen LogP contribution in [0.3, 0.4) is 0 Å². The maximum Gasteiger partial charge on any atom is 0.0279 e. The molecule has 0 saturated carbocycles. The topological polar surface area (TPSA) is 4.93 Å². The lowest BCUT2D eigenvalue weighted by atomic mass is 10.2. The Morgan fingerprint density at radius 2 is 1.91 bits per heavy atom. The van der Waals surface area contributed by atoms with Gasteiger partial charge >= 0.3 is 0 Å². The summed E-state index contributed by atoms with van der Waals surface area (Å²) in [7, 11) is 0. The van der Waals surface area contributed by atoms with E-state index in [2.05, 4.69) is 32.3 Å². The molecule has 60 valence electrons. The normalized spacial score (nSPS) is 13.9. The van der Waals surface area contributed by atoms with E-state index in [9.17, 15) is 0 Å². The van der Waals surface area contributed by atoms with Crippen LogP contribution in [0, 0.1) is 13.8 Å². The lowest BCUT2D eigenvalue weighted by Gasteiger charge is -2.12. The first-order chi connectivity index (χ1) is 5.13. The summed E-state index contributed by atoms with van der Waals surface area (Å²) in [5.41, 5.74) is 6.18. The molecule has 0 bridgehead atoms. The summed E-state index contributed by atoms with van der Waals surface area (Å²) >= 11 is 0. The predicted molar refractivity (Wildman–Crippen MR) is 47.1 cm³/mol. The summed E-state index contributed by atoms with van der Waals surface area (Å²) in [6.07, 6.45) is 1.25. The summed E-state index contributed by atoms with van der Waals surface area (Å²) in [5, 5.41) is 0. The van der Waals surface area contributed by atoms with E-state index in [1.165, 1.54) is 17.7 Å². The van der Waals surface area contributed by atoms with Gasteiger partial charge in [0.25, 0.3) is 0 Å². The number of hydrogen-bond acceptors (Lipinski definition) is 0. The largest absolute Gasteiger partial charge is 0.346 e. The highest BCUT2D eigenvalue weighted by Gasteiger charge is 2.28. The molecule has 0 fully saturated rings. The zero-order valence-electron chi connectivity index (χ0n) is 7.73. The number of aromatic nitrogens is 1. The molecule has 0 saturated heterocycles. The van der Waals surface area contributed by atoms with Crippen LogP contribution in [0.25, 0.3) is 0 Å². The molecule has 0 aliphatic heterocycles. The van der Waals surface area contributed by atoms with Crippen molar-refractivity contribution in [3.8, 4) is 0 Å². The van der Waals surface area contributed by atoms with E-state index in [4.69, 9.17) is 0 Å². The molecule has 1 aromatic heterocycles. The lowest BCUT2D eigenvalue weighted by Crippen LogP contribution is -2.04. The van der Waals surface area contributed by atoms with Crippen LogP contribution >= 0.6 is 0 Å². The highest BCUT2D eigenvalue weighted by atomic mass is 15.0. The van der Waals surface area contributed by atoms with E-state index in [1.807, 2.05) is 0 Å². The molecule has 1 heteroatoms. The van der Waals surface area contributed by atoms with E-state index < -0.39 is 0 Å². The number of nitrogens with zero attached hydrogens (tertiary/aromatic N) is 1. The van der Waals surface area contributed by atoms with Crippen molar-refractivity contribution in [3.05, 3.63) is 22.5 Å². The van der Waals surface area contributed by atoms with Crippen LogP contribution in [0.15, 0.2) is 0 Å². The number of fused-ring (bicyclic) bond motifs is 1. The van der Waals surface area contributed by atoms with E-state index in [-0.39, 0.29) is 0 Å². The van der Waals surface area contributed by atoms with Crippen molar-refractivity contribution >= 4 is 0 Å². The standard InChI is InChI=1S/C10H15N/c1-6(2)11-8(4)7(3)9-5-10(9)11/h6H,5H2,1-4H3. The molecule has 1 nitrogen and oxygen atoms in total. The Labute approximate surface area is 68.0 Å². The van der Waals surface area contributed by atoms with Gasteiger partial charge in [0.2, 0.25) is 0 Å². The van der Waals surface area contributed by atoms with Crippen molar-refractivity contribution in [1.29, 1.82) is 0 Å². The molecule has 11 heavy (non-hydrogen) atoms. The van der Waals surface area contributed by atoms with Gasteiger partial charge in [0.15, 0.2) is 0 Å². The Hall–Kier alpha value is -0.720. The Kier molecular flexibility index (Phi) is 1.20. The minimum absolute atomic E-state index is 0.639. The molecule has 1 heterocycles. The average Bonchev–Trinajstić information content (AvgIpc) is 2.61. The number of hydrogen-bond donors (Lipinski definition) is 0. The van der Waals surface area contributed by atoms with Crippen LogP contribution < -0.4 is 0 Å². The van der Waals surface area contributed by atoms with Crippen LogP contribution in [0.1, 0.15) is 42.4 Å². The van der Waals surface area contributed by atoms with Crippen molar-refractivity contribution in [1.82, 2.24) is 4.57 Å². The van der Waals surface area contributed by atoms with Crippen LogP contribution in [0.4, 0.5) is 0 Å². The van der Waals surface area contributed by atoms with Gasteiger partial charge in [-0.05, 0) is 38.8 Å². The zero-order chi connectivity index (χ0) is 8.17. The van der Waals surface area contributed by atoms with Gasteiger partial charge in [0.05, 0.1) is 0 Å². The van der Waals surface area contributed by atoms with Crippen molar-refractivity contribution in [3.63, 3.8) is 0 Å². The Morgan fingerprint density at radius 3 is 2.18 bits per heavy atom. The molecule has 0 N–H and O–H groups in total. The van der Waals surface area contributed by atoms with Gasteiger partial charge in [-0.3, -0.25) is 0 Å². The fourth-order valence-corrected chi connectivity index (χ4v) is 2.00. The van der Waals surface area contributed by atoms with Gasteiger partial charge in [0, 0.05) is 23.9 Å². The third kappa shape index (κ3) is 0.770. The molecular formula is C10H15N. The van der Waals surface area contributed by atoms with Gasteiger partial charge in [0.1, 0.15) is 0 Å². The third-order valence-corrected chi connectivity index (χ3v) is 2.73. The Bertz CT molecular complexity index is 305. The van der Waals surface area contributed by atoms with Crippen molar-refractivity contribution in [2.75, 3.05) is 0 Å². The first kappa shape index (κ1) is 6.96. The minimum Gasteiger partial charge on any atom is -0.346 e. The van der Waals surface area contributed by atoms with E-state index >= 15 is 0 Å². The van der Waals surface area contributed by atoms with Gasteiger partial charge in [-0.15, -0.1) is 0 Å². The molecule has 0 spiro atoms. The molecule has 0 aromatic carbocycles. The second kappa shape index (κ2) is 1.90. The van der Waals surface area contributed by atoms with Crippen LogP contribution in [-0.2, 0) is 6.42 Å². The summed E-state index contributed by atoms with van der Waals surface area (Å²) < 4.78 is 2.46. The molecule has 2 rings (SSSR count). The first-order valence-electron chi connectivity index (χ1n) is 4.32. The summed E-state index contributed by atoms with van der Waals surface area (Å²) in [4.78, 5) is 0. The van der Waals surface area contributed by atoms with Crippen LogP contribution in [0.5, 0.6) is 0 Å². The molecule has 1 aliphatic carbocycles. The summed E-state index contributed by atoms with van der Waals surface area (Å²) in [6, 6.07) is 0.639. The molecule has 0 amide bonds. The predicted octanol–water partition coefficient (Wildman–Crippen LogP) is 2.59. The smallest absolute Gasteiger partial charge is 0.0279 e. The molecule has 0 radical (unpaired) electrons. The number of rotatable bonds is 1. The second-order valence-corrected chi connectivity index (χ2v) is 3.78. The highest BCUT2D eigenvalue weighted by Crippen LogP contribution is 2.37. The average molecular weight is 149 g/mol. The van der Waals surface area contributed by atoms with Crippen molar-refractivity contribution in [2.24, 2.45) is 0 Å². The zero-order valence-corrected chi connectivity index (χ0v) is 7.73. The Balaban J connectivity index is 2.57. The minimum atomic E-state index is 0.639. The SMILES string of the molecule is Cc1c2c(n(C(C)C)c1C)C2.